The van der Waals surface area contributed by atoms with Gasteiger partial charge in [-0.3, -0.25) is 5.10 Å². The van der Waals surface area contributed by atoms with Crippen LogP contribution >= 0.6 is 0 Å². The lowest BCUT2D eigenvalue weighted by molar-refractivity contribution is 0.0601. The zero-order valence-corrected chi connectivity index (χ0v) is 8.23. The minimum Gasteiger partial charge on any atom is -0.465 e. The summed E-state index contributed by atoms with van der Waals surface area (Å²) in [4.78, 5) is 11.3. The van der Waals surface area contributed by atoms with Crippen LogP contribution in [0, 0.1) is 0 Å². The van der Waals surface area contributed by atoms with Crippen LogP contribution in [0.3, 0.4) is 0 Å². The fourth-order valence-corrected chi connectivity index (χ4v) is 1.35. The van der Waals surface area contributed by atoms with Crippen molar-refractivity contribution in [2.75, 3.05) is 7.11 Å². The maximum Gasteiger partial charge on any atom is 0.337 e. The third-order valence-corrected chi connectivity index (χ3v) is 2.12. The van der Waals surface area contributed by atoms with Gasteiger partial charge in [0.25, 0.3) is 0 Å². The number of ether oxygens (including phenoxy) is 1. The predicted molar refractivity (Wildman–Crippen MR) is 55.4 cm³/mol. The number of nitrogens with zero attached hydrogens (tertiary/aromatic N) is 1. The molecule has 2 aromatic rings. The van der Waals surface area contributed by atoms with Gasteiger partial charge in [0.05, 0.1) is 18.9 Å². The highest BCUT2D eigenvalue weighted by Gasteiger charge is 2.06. The highest BCUT2D eigenvalue weighted by molar-refractivity contribution is 5.90. The molecule has 2 rings (SSSR count). The molecule has 4 nitrogen and oxygen atoms in total. The standard InChI is InChI=1S/C11H10N2O2/c1-15-11(14)9-4-2-3-8(5-9)10-6-12-13-7-10/h2-7H,1H3,(H,12,13). The first kappa shape index (κ1) is 9.45. The van der Waals surface area contributed by atoms with E-state index in [1.807, 2.05) is 12.1 Å². The summed E-state index contributed by atoms with van der Waals surface area (Å²) in [6.45, 7) is 0. The number of carbonyl (C=O) groups is 1. The fraction of sp³-hybridized carbons (Fsp3) is 0.0909. The van der Waals surface area contributed by atoms with Crippen molar-refractivity contribution in [2.24, 2.45) is 0 Å². The quantitative estimate of drug-likeness (QED) is 0.756. The summed E-state index contributed by atoms with van der Waals surface area (Å²) in [7, 11) is 1.37. The Morgan fingerprint density at radius 3 is 2.93 bits per heavy atom. The molecule has 0 amide bonds. The summed E-state index contributed by atoms with van der Waals surface area (Å²) < 4.78 is 4.65. The van der Waals surface area contributed by atoms with E-state index in [1.165, 1.54) is 7.11 Å². The van der Waals surface area contributed by atoms with Gasteiger partial charge in [-0.1, -0.05) is 12.1 Å². The Kier molecular flexibility index (Phi) is 2.49. The first-order chi connectivity index (χ1) is 7.31. The number of hydrogen-bond donors (Lipinski definition) is 1. The summed E-state index contributed by atoms with van der Waals surface area (Å²) in [5, 5.41) is 6.58. The molecule has 0 saturated carbocycles. The lowest BCUT2D eigenvalue weighted by atomic mass is 10.1. The number of aromatic amines is 1. The first-order valence-electron chi connectivity index (χ1n) is 4.49. The molecule has 0 atom stereocenters. The molecule has 0 bridgehead atoms. The van der Waals surface area contributed by atoms with Crippen molar-refractivity contribution in [2.45, 2.75) is 0 Å². The van der Waals surface area contributed by atoms with E-state index < -0.39 is 0 Å². The normalized spacial score (nSPS) is 9.93. The van der Waals surface area contributed by atoms with Crippen molar-refractivity contribution < 1.29 is 9.53 Å². The molecule has 76 valence electrons. The molecule has 0 unspecified atom stereocenters. The van der Waals surface area contributed by atoms with Crippen LogP contribution in [0.5, 0.6) is 0 Å². The minimum atomic E-state index is -0.333. The van der Waals surface area contributed by atoms with Gasteiger partial charge in [-0.15, -0.1) is 0 Å². The smallest absolute Gasteiger partial charge is 0.337 e. The van der Waals surface area contributed by atoms with Gasteiger partial charge in [0.15, 0.2) is 0 Å². The van der Waals surface area contributed by atoms with Gasteiger partial charge < -0.3 is 4.74 Å². The summed E-state index contributed by atoms with van der Waals surface area (Å²) in [5.74, 6) is -0.333. The topological polar surface area (TPSA) is 55.0 Å². The molecule has 0 aliphatic rings. The monoisotopic (exact) mass is 202 g/mol. The molecule has 15 heavy (non-hydrogen) atoms. The number of carbonyl (C=O) groups excluding carboxylic acids is 1. The number of esters is 1. The van der Waals surface area contributed by atoms with Crippen LogP contribution in [0.1, 0.15) is 10.4 Å². The molecular formula is C11H10N2O2. The SMILES string of the molecule is COC(=O)c1cccc(-c2cn[nH]c2)c1. The molecule has 0 aliphatic heterocycles. The Morgan fingerprint density at radius 1 is 1.40 bits per heavy atom. The Labute approximate surface area is 86.9 Å². The second kappa shape index (κ2) is 3.96. The Hall–Kier alpha value is -2.10. The van der Waals surface area contributed by atoms with Crippen molar-refractivity contribution in [3.8, 4) is 11.1 Å². The van der Waals surface area contributed by atoms with Crippen LogP contribution in [0.4, 0.5) is 0 Å². The molecular weight excluding hydrogens is 192 g/mol. The number of H-pyrrole nitrogens is 1. The molecule has 4 heteroatoms. The summed E-state index contributed by atoms with van der Waals surface area (Å²) in [6, 6.07) is 7.22. The maximum absolute atomic E-state index is 11.3. The van der Waals surface area contributed by atoms with E-state index in [1.54, 1.807) is 24.5 Å². The van der Waals surface area contributed by atoms with E-state index in [-0.39, 0.29) is 5.97 Å². The van der Waals surface area contributed by atoms with Crippen LogP contribution in [0.15, 0.2) is 36.7 Å². The van der Waals surface area contributed by atoms with E-state index >= 15 is 0 Å². The van der Waals surface area contributed by atoms with Gasteiger partial charge in [0.2, 0.25) is 0 Å². The number of rotatable bonds is 2. The van der Waals surface area contributed by atoms with Gasteiger partial charge in [-0.05, 0) is 17.7 Å². The third-order valence-electron chi connectivity index (χ3n) is 2.12. The Balaban J connectivity index is 2.39. The molecule has 0 saturated heterocycles. The van der Waals surface area contributed by atoms with E-state index in [2.05, 4.69) is 14.9 Å². The van der Waals surface area contributed by atoms with Gasteiger partial charge in [0.1, 0.15) is 0 Å². The van der Waals surface area contributed by atoms with Crippen molar-refractivity contribution >= 4 is 5.97 Å². The number of hydrogen-bond acceptors (Lipinski definition) is 3. The molecule has 0 aliphatic carbocycles. The molecule has 0 spiro atoms. The second-order valence-corrected chi connectivity index (χ2v) is 3.06. The van der Waals surface area contributed by atoms with E-state index in [9.17, 15) is 4.79 Å². The van der Waals surface area contributed by atoms with E-state index in [4.69, 9.17) is 0 Å². The van der Waals surface area contributed by atoms with Crippen molar-refractivity contribution in [3.05, 3.63) is 42.2 Å². The number of nitrogens with one attached hydrogen (secondary N) is 1. The zero-order valence-electron chi connectivity index (χ0n) is 8.23. The molecule has 1 heterocycles. The lowest BCUT2D eigenvalue weighted by Gasteiger charge is -2.01. The van der Waals surface area contributed by atoms with Crippen LogP contribution in [0.2, 0.25) is 0 Å². The largest absolute Gasteiger partial charge is 0.465 e. The summed E-state index contributed by atoms with van der Waals surface area (Å²) in [6.07, 6.45) is 3.48. The van der Waals surface area contributed by atoms with Crippen molar-refractivity contribution in [3.63, 3.8) is 0 Å². The van der Waals surface area contributed by atoms with Crippen LogP contribution in [-0.2, 0) is 4.74 Å². The predicted octanol–water partition coefficient (Wildman–Crippen LogP) is 1.86. The van der Waals surface area contributed by atoms with E-state index in [0.29, 0.717) is 5.56 Å². The number of aromatic nitrogens is 2. The number of methoxy groups -OCH3 is 1. The average Bonchev–Trinajstić information content (AvgIpc) is 2.82. The van der Waals surface area contributed by atoms with Gasteiger partial charge >= 0.3 is 5.97 Å². The highest BCUT2D eigenvalue weighted by atomic mass is 16.5. The summed E-state index contributed by atoms with van der Waals surface area (Å²) >= 11 is 0. The van der Waals surface area contributed by atoms with Crippen molar-refractivity contribution in [1.82, 2.24) is 10.2 Å². The average molecular weight is 202 g/mol. The summed E-state index contributed by atoms with van der Waals surface area (Å²) in [5.41, 5.74) is 2.42. The van der Waals surface area contributed by atoms with E-state index in [0.717, 1.165) is 11.1 Å². The number of benzene rings is 1. The third kappa shape index (κ3) is 1.88. The lowest BCUT2D eigenvalue weighted by Crippen LogP contribution is -2.00. The Bertz CT molecular complexity index is 463. The van der Waals surface area contributed by atoms with Crippen LogP contribution in [-0.4, -0.2) is 23.3 Å². The molecule has 1 N–H and O–H groups in total. The zero-order chi connectivity index (χ0) is 10.7. The van der Waals surface area contributed by atoms with Gasteiger partial charge in [-0.25, -0.2) is 4.79 Å². The highest BCUT2D eigenvalue weighted by Crippen LogP contribution is 2.18. The second-order valence-electron chi connectivity index (χ2n) is 3.06. The van der Waals surface area contributed by atoms with Gasteiger partial charge in [-0.2, -0.15) is 5.10 Å². The molecule has 0 radical (unpaired) electrons. The molecule has 1 aromatic carbocycles. The maximum atomic E-state index is 11.3. The molecule has 1 aromatic heterocycles. The van der Waals surface area contributed by atoms with Crippen molar-refractivity contribution in [1.29, 1.82) is 0 Å². The van der Waals surface area contributed by atoms with Crippen LogP contribution < -0.4 is 0 Å². The van der Waals surface area contributed by atoms with Gasteiger partial charge in [0, 0.05) is 11.8 Å². The minimum absolute atomic E-state index is 0.333. The fourth-order valence-electron chi connectivity index (χ4n) is 1.35. The molecule has 0 fully saturated rings. The Morgan fingerprint density at radius 2 is 2.27 bits per heavy atom. The van der Waals surface area contributed by atoms with Crippen LogP contribution in [0.25, 0.3) is 11.1 Å². The first-order valence-corrected chi connectivity index (χ1v) is 4.49.